The number of carbonyl (C=O) groups excluding carboxylic acids is 3. The molecule has 1 N–H and O–H groups in total. The van der Waals surface area contributed by atoms with Gasteiger partial charge in [0, 0.05) is 12.5 Å². The van der Waals surface area contributed by atoms with E-state index in [1.54, 1.807) is 0 Å². The number of benzene rings is 1. The molecule has 5 nitrogen and oxygen atoms in total. The third kappa shape index (κ3) is 3.38. The van der Waals surface area contributed by atoms with Crippen LogP contribution in [-0.2, 0) is 20.8 Å². The molecule has 3 amide bonds. The van der Waals surface area contributed by atoms with Crippen LogP contribution >= 0.6 is 0 Å². The first-order chi connectivity index (χ1) is 14.6. The Balaban J connectivity index is 1.43. The number of nitrogens with zero attached hydrogens (tertiary/aromatic N) is 1. The number of fused-ring (bicyclic) bond motifs is 1. The second-order valence-corrected chi connectivity index (χ2v) is 9.44. The summed E-state index contributed by atoms with van der Waals surface area (Å²) in [4.78, 5) is 41.7. The SMILES string of the molecule is O=C(NC1CCCCC1)[C@H](Cc1ccccc1)N1C(=O)[C@@H]2[C@H](C1=O)[C@H]1C=C[C@H]2CC1. The van der Waals surface area contributed by atoms with E-state index in [1.165, 1.54) is 11.3 Å². The molecule has 1 aliphatic heterocycles. The van der Waals surface area contributed by atoms with Gasteiger partial charge in [-0.1, -0.05) is 61.7 Å². The van der Waals surface area contributed by atoms with Gasteiger partial charge in [0.1, 0.15) is 6.04 Å². The van der Waals surface area contributed by atoms with Gasteiger partial charge in [0.25, 0.3) is 0 Å². The van der Waals surface area contributed by atoms with Crippen molar-refractivity contribution < 1.29 is 14.4 Å². The molecule has 1 aromatic carbocycles. The van der Waals surface area contributed by atoms with Crippen molar-refractivity contribution in [2.24, 2.45) is 23.7 Å². The number of hydrogen-bond donors (Lipinski definition) is 1. The standard InChI is InChI=1S/C25H30N2O3/c28-23(26-19-9-5-2-6-10-19)20(15-16-7-3-1-4-8-16)27-24(29)21-17-11-12-18(14-13-17)22(21)25(27)30/h1,3-4,7-8,11-12,17-22H,2,5-6,9-10,13-15H2,(H,26,28)/t17-,18-,20-,21-,22+/m0/s1. The fourth-order valence-electron chi connectivity index (χ4n) is 6.09. The van der Waals surface area contributed by atoms with E-state index < -0.39 is 6.04 Å². The first-order valence-electron chi connectivity index (χ1n) is 11.5. The lowest BCUT2D eigenvalue weighted by molar-refractivity contribution is -0.148. The van der Waals surface area contributed by atoms with Gasteiger partial charge in [-0.15, -0.1) is 0 Å². The second kappa shape index (κ2) is 8.01. The summed E-state index contributed by atoms with van der Waals surface area (Å²) in [6, 6.07) is 9.11. The van der Waals surface area contributed by atoms with Gasteiger partial charge in [-0.25, -0.2) is 0 Å². The van der Waals surface area contributed by atoms with Gasteiger partial charge in [-0.05, 0) is 43.1 Å². The van der Waals surface area contributed by atoms with Gasteiger partial charge < -0.3 is 5.32 Å². The quantitative estimate of drug-likeness (QED) is 0.603. The Morgan fingerprint density at radius 2 is 1.50 bits per heavy atom. The predicted molar refractivity (Wildman–Crippen MR) is 113 cm³/mol. The van der Waals surface area contributed by atoms with Crippen LogP contribution in [0.15, 0.2) is 42.5 Å². The average molecular weight is 407 g/mol. The van der Waals surface area contributed by atoms with Gasteiger partial charge in [0.2, 0.25) is 17.7 Å². The lowest BCUT2D eigenvalue weighted by atomic mass is 9.63. The van der Waals surface area contributed by atoms with Crippen LogP contribution in [0.2, 0.25) is 0 Å². The molecule has 3 fully saturated rings. The van der Waals surface area contributed by atoms with Crippen molar-refractivity contribution in [1.82, 2.24) is 10.2 Å². The number of imide groups is 1. The van der Waals surface area contributed by atoms with E-state index in [0.717, 1.165) is 44.1 Å². The minimum absolute atomic E-state index is 0.135. The zero-order valence-corrected chi connectivity index (χ0v) is 17.3. The normalized spacial score (nSPS) is 31.7. The van der Waals surface area contributed by atoms with Crippen molar-refractivity contribution in [1.29, 1.82) is 0 Å². The molecule has 5 aliphatic rings. The van der Waals surface area contributed by atoms with E-state index in [9.17, 15) is 14.4 Å². The highest BCUT2D eigenvalue weighted by atomic mass is 16.2. The van der Waals surface area contributed by atoms with Crippen LogP contribution in [0.1, 0.15) is 50.5 Å². The van der Waals surface area contributed by atoms with E-state index >= 15 is 0 Å². The summed E-state index contributed by atoms with van der Waals surface area (Å²) in [7, 11) is 0. The fraction of sp³-hybridized carbons (Fsp3) is 0.560. The fourth-order valence-corrected chi connectivity index (χ4v) is 6.09. The van der Waals surface area contributed by atoms with Gasteiger partial charge in [0.15, 0.2) is 0 Å². The molecule has 5 atom stereocenters. The third-order valence-electron chi connectivity index (χ3n) is 7.63. The van der Waals surface area contributed by atoms with Crippen molar-refractivity contribution >= 4 is 17.7 Å². The smallest absolute Gasteiger partial charge is 0.243 e. The molecule has 1 saturated heterocycles. The van der Waals surface area contributed by atoms with E-state index in [0.29, 0.717) is 6.42 Å². The molecule has 30 heavy (non-hydrogen) atoms. The van der Waals surface area contributed by atoms with Crippen LogP contribution in [0.3, 0.4) is 0 Å². The van der Waals surface area contributed by atoms with E-state index in [-0.39, 0.29) is 47.4 Å². The minimum Gasteiger partial charge on any atom is -0.352 e. The topological polar surface area (TPSA) is 66.5 Å². The molecular weight excluding hydrogens is 376 g/mol. The maximum atomic E-state index is 13.5. The Morgan fingerprint density at radius 1 is 0.900 bits per heavy atom. The molecule has 0 unspecified atom stereocenters. The molecular formula is C25H30N2O3. The lowest BCUT2D eigenvalue weighted by Gasteiger charge is -2.38. The summed E-state index contributed by atoms with van der Waals surface area (Å²) in [5.41, 5.74) is 0.970. The zero-order chi connectivity index (χ0) is 20.7. The molecule has 1 heterocycles. The number of amides is 3. The monoisotopic (exact) mass is 406 g/mol. The maximum Gasteiger partial charge on any atom is 0.243 e. The number of nitrogens with one attached hydrogen (secondary N) is 1. The maximum absolute atomic E-state index is 13.5. The summed E-state index contributed by atoms with van der Waals surface area (Å²) in [5.74, 6) is -0.719. The van der Waals surface area contributed by atoms with E-state index in [4.69, 9.17) is 0 Å². The first kappa shape index (κ1) is 19.5. The molecule has 4 aliphatic carbocycles. The van der Waals surface area contributed by atoms with Crippen molar-refractivity contribution in [3.05, 3.63) is 48.0 Å². The molecule has 2 saturated carbocycles. The van der Waals surface area contributed by atoms with Crippen molar-refractivity contribution in [3.8, 4) is 0 Å². The lowest BCUT2D eigenvalue weighted by Crippen LogP contribution is -2.53. The van der Waals surface area contributed by atoms with Crippen LogP contribution in [-0.4, -0.2) is 34.7 Å². The van der Waals surface area contributed by atoms with Gasteiger partial charge in [0.05, 0.1) is 11.8 Å². The van der Waals surface area contributed by atoms with Crippen LogP contribution in [0.4, 0.5) is 0 Å². The van der Waals surface area contributed by atoms with E-state index in [2.05, 4.69) is 17.5 Å². The highest BCUT2D eigenvalue weighted by molar-refractivity contribution is 6.09. The molecule has 6 rings (SSSR count). The van der Waals surface area contributed by atoms with Gasteiger partial charge in [-0.3, -0.25) is 19.3 Å². The molecule has 0 radical (unpaired) electrons. The molecule has 5 heteroatoms. The largest absolute Gasteiger partial charge is 0.352 e. The first-order valence-corrected chi connectivity index (χ1v) is 11.5. The van der Waals surface area contributed by atoms with E-state index in [1.807, 2.05) is 30.3 Å². The number of likely N-dealkylation sites (tertiary alicyclic amines) is 1. The van der Waals surface area contributed by atoms with Crippen molar-refractivity contribution in [2.45, 2.75) is 63.5 Å². The Hall–Kier alpha value is -2.43. The summed E-state index contributed by atoms with van der Waals surface area (Å²) in [6.07, 6.45) is 12.0. The Labute approximate surface area is 177 Å². The number of allylic oxidation sites excluding steroid dienone is 2. The summed E-state index contributed by atoms with van der Waals surface area (Å²) in [5, 5.41) is 3.18. The summed E-state index contributed by atoms with van der Waals surface area (Å²) < 4.78 is 0. The van der Waals surface area contributed by atoms with Crippen molar-refractivity contribution in [2.75, 3.05) is 0 Å². The van der Waals surface area contributed by atoms with Crippen LogP contribution < -0.4 is 5.32 Å². The second-order valence-electron chi connectivity index (χ2n) is 9.44. The van der Waals surface area contributed by atoms with Crippen LogP contribution in [0.25, 0.3) is 0 Å². The Bertz CT molecular complexity index is 826. The number of rotatable bonds is 5. The van der Waals surface area contributed by atoms with Crippen LogP contribution in [0.5, 0.6) is 0 Å². The minimum atomic E-state index is -0.765. The Kier molecular flexibility index (Phi) is 5.21. The highest BCUT2D eigenvalue weighted by Gasteiger charge is 2.58. The molecule has 0 aromatic heterocycles. The molecule has 0 spiro atoms. The third-order valence-corrected chi connectivity index (χ3v) is 7.63. The van der Waals surface area contributed by atoms with Gasteiger partial charge >= 0.3 is 0 Å². The molecule has 158 valence electrons. The van der Waals surface area contributed by atoms with Crippen molar-refractivity contribution in [3.63, 3.8) is 0 Å². The summed E-state index contributed by atoms with van der Waals surface area (Å²) in [6.45, 7) is 0. The number of carbonyl (C=O) groups is 3. The van der Waals surface area contributed by atoms with Crippen LogP contribution in [0, 0.1) is 23.7 Å². The highest BCUT2D eigenvalue weighted by Crippen LogP contribution is 2.50. The number of hydrogen-bond acceptors (Lipinski definition) is 3. The zero-order valence-electron chi connectivity index (χ0n) is 17.3. The van der Waals surface area contributed by atoms with Gasteiger partial charge in [-0.2, -0.15) is 0 Å². The average Bonchev–Trinajstić information content (AvgIpc) is 3.07. The summed E-state index contributed by atoms with van der Waals surface area (Å²) >= 11 is 0. The predicted octanol–water partition coefficient (Wildman–Crippen LogP) is 3.24. The molecule has 1 aromatic rings. The Morgan fingerprint density at radius 3 is 2.07 bits per heavy atom. The molecule has 2 bridgehead atoms.